The molecule has 0 saturated carbocycles. The standard InChI is InChI=1S/C11H17N3O3S/c1-14(8-4-5-17-7-8)11-3-2-9(6-10(11)12)18(13,15)16/h2-3,6,8H,4-5,7,12H2,1H3,(H2,13,15,16). The van der Waals surface area contributed by atoms with Crippen LogP contribution >= 0.6 is 0 Å². The van der Waals surface area contributed by atoms with E-state index in [0.29, 0.717) is 12.3 Å². The number of hydrogen-bond acceptors (Lipinski definition) is 5. The number of nitrogens with two attached hydrogens (primary N) is 2. The van der Waals surface area contributed by atoms with Crippen LogP contribution in [0.25, 0.3) is 0 Å². The summed E-state index contributed by atoms with van der Waals surface area (Å²) in [4.78, 5) is 2.04. The Kier molecular flexibility index (Phi) is 3.47. The maximum absolute atomic E-state index is 11.2. The number of rotatable bonds is 3. The first-order chi connectivity index (χ1) is 8.39. The van der Waals surface area contributed by atoms with Crippen LogP contribution in [0.3, 0.4) is 0 Å². The minimum absolute atomic E-state index is 0.0276. The molecule has 0 radical (unpaired) electrons. The van der Waals surface area contributed by atoms with Gasteiger partial charge in [-0.05, 0) is 24.6 Å². The van der Waals surface area contributed by atoms with E-state index < -0.39 is 10.0 Å². The summed E-state index contributed by atoms with van der Waals surface area (Å²) in [5, 5.41) is 5.06. The molecule has 1 heterocycles. The van der Waals surface area contributed by atoms with E-state index in [-0.39, 0.29) is 10.9 Å². The highest BCUT2D eigenvalue weighted by molar-refractivity contribution is 7.89. The molecular formula is C11H17N3O3S. The normalized spacial score (nSPS) is 20.0. The van der Waals surface area contributed by atoms with Gasteiger partial charge in [0.25, 0.3) is 0 Å². The highest BCUT2D eigenvalue weighted by atomic mass is 32.2. The van der Waals surface area contributed by atoms with Crippen molar-refractivity contribution in [3.05, 3.63) is 18.2 Å². The third-order valence-electron chi connectivity index (χ3n) is 3.16. The Labute approximate surface area is 107 Å². The van der Waals surface area contributed by atoms with Gasteiger partial charge in [0.1, 0.15) is 0 Å². The molecule has 7 heteroatoms. The van der Waals surface area contributed by atoms with E-state index in [0.717, 1.165) is 18.7 Å². The van der Waals surface area contributed by atoms with Gasteiger partial charge in [-0.1, -0.05) is 0 Å². The van der Waals surface area contributed by atoms with Crippen LogP contribution in [0.1, 0.15) is 6.42 Å². The van der Waals surface area contributed by atoms with Crippen LogP contribution in [-0.4, -0.2) is 34.7 Å². The molecular weight excluding hydrogens is 254 g/mol. The molecule has 0 spiro atoms. The van der Waals surface area contributed by atoms with Gasteiger partial charge >= 0.3 is 0 Å². The Morgan fingerprint density at radius 2 is 2.17 bits per heavy atom. The largest absolute Gasteiger partial charge is 0.397 e. The van der Waals surface area contributed by atoms with Gasteiger partial charge in [-0.2, -0.15) is 0 Å². The number of anilines is 2. The first-order valence-corrected chi connectivity index (χ1v) is 7.17. The average Bonchev–Trinajstić information content (AvgIpc) is 2.80. The van der Waals surface area contributed by atoms with E-state index >= 15 is 0 Å². The van der Waals surface area contributed by atoms with Crippen molar-refractivity contribution in [2.75, 3.05) is 30.9 Å². The van der Waals surface area contributed by atoms with E-state index in [4.69, 9.17) is 15.6 Å². The van der Waals surface area contributed by atoms with Crippen LogP contribution in [0, 0.1) is 0 Å². The van der Waals surface area contributed by atoms with Gasteiger partial charge in [-0.25, -0.2) is 13.6 Å². The first kappa shape index (κ1) is 13.1. The van der Waals surface area contributed by atoms with Crippen LogP contribution in [0.15, 0.2) is 23.1 Å². The highest BCUT2D eigenvalue weighted by Crippen LogP contribution is 2.28. The minimum atomic E-state index is -3.71. The molecule has 0 aliphatic carbocycles. The van der Waals surface area contributed by atoms with E-state index in [1.807, 2.05) is 11.9 Å². The maximum Gasteiger partial charge on any atom is 0.238 e. The summed E-state index contributed by atoms with van der Waals surface area (Å²) >= 11 is 0. The van der Waals surface area contributed by atoms with E-state index in [2.05, 4.69) is 0 Å². The molecule has 1 aromatic carbocycles. The van der Waals surface area contributed by atoms with Gasteiger partial charge in [0.15, 0.2) is 0 Å². The molecule has 18 heavy (non-hydrogen) atoms. The Morgan fingerprint density at radius 3 is 2.67 bits per heavy atom. The van der Waals surface area contributed by atoms with Crippen LogP contribution in [0.4, 0.5) is 11.4 Å². The topological polar surface area (TPSA) is 98.7 Å². The van der Waals surface area contributed by atoms with Crippen LogP contribution in [-0.2, 0) is 14.8 Å². The number of primary sulfonamides is 1. The van der Waals surface area contributed by atoms with Gasteiger partial charge < -0.3 is 15.4 Å². The Morgan fingerprint density at radius 1 is 1.44 bits per heavy atom. The smallest absolute Gasteiger partial charge is 0.238 e. The van der Waals surface area contributed by atoms with Crippen molar-refractivity contribution in [3.8, 4) is 0 Å². The van der Waals surface area contributed by atoms with Crippen LogP contribution in [0.5, 0.6) is 0 Å². The summed E-state index contributed by atoms with van der Waals surface area (Å²) in [6.07, 6.45) is 0.937. The second-order valence-corrected chi connectivity index (χ2v) is 5.96. The van der Waals surface area contributed by atoms with Crippen molar-refractivity contribution >= 4 is 21.4 Å². The summed E-state index contributed by atoms with van der Waals surface area (Å²) in [6, 6.07) is 4.80. The number of nitrogens with zero attached hydrogens (tertiary/aromatic N) is 1. The molecule has 6 nitrogen and oxygen atoms in total. The predicted molar refractivity (Wildman–Crippen MR) is 69.9 cm³/mol. The summed E-state index contributed by atoms with van der Waals surface area (Å²) in [5.74, 6) is 0. The lowest BCUT2D eigenvalue weighted by Gasteiger charge is -2.26. The third-order valence-corrected chi connectivity index (χ3v) is 4.07. The van der Waals surface area contributed by atoms with Crippen molar-refractivity contribution in [2.24, 2.45) is 5.14 Å². The predicted octanol–water partition coefficient (Wildman–Crippen LogP) is 0.141. The summed E-state index contributed by atoms with van der Waals surface area (Å²) in [7, 11) is -1.79. The molecule has 1 unspecified atom stereocenters. The molecule has 0 aromatic heterocycles. The maximum atomic E-state index is 11.2. The van der Waals surface area contributed by atoms with E-state index in [1.54, 1.807) is 6.07 Å². The van der Waals surface area contributed by atoms with Gasteiger partial charge in [-0.3, -0.25) is 0 Å². The molecule has 1 aliphatic rings. The lowest BCUT2D eigenvalue weighted by atomic mass is 10.2. The number of hydrogen-bond donors (Lipinski definition) is 2. The zero-order valence-corrected chi connectivity index (χ0v) is 11.0. The number of ether oxygens (including phenoxy) is 1. The van der Waals surface area contributed by atoms with Crippen LogP contribution in [0.2, 0.25) is 0 Å². The molecule has 2 rings (SSSR count). The summed E-state index contributed by atoms with van der Waals surface area (Å²) < 4.78 is 27.7. The Bertz CT molecular complexity index is 538. The summed E-state index contributed by atoms with van der Waals surface area (Å²) in [5.41, 5.74) is 7.07. The quantitative estimate of drug-likeness (QED) is 0.762. The zero-order chi connectivity index (χ0) is 13.3. The van der Waals surface area contributed by atoms with Crippen LogP contribution < -0.4 is 15.8 Å². The molecule has 4 N–H and O–H groups in total. The van der Waals surface area contributed by atoms with Crippen molar-refractivity contribution in [1.82, 2.24) is 0 Å². The third kappa shape index (κ3) is 2.58. The van der Waals surface area contributed by atoms with E-state index in [9.17, 15) is 8.42 Å². The molecule has 0 bridgehead atoms. The Balaban J connectivity index is 2.29. The zero-order valence-electron chi connectivity index (χ0n) is 10.2. The molecule has 0 amide bonds. The molecule has 100 valence electrons. The fraction of sp³-hybridized carbons (Fsp3) is 0.455. The molecule has 1 atom stereocenters. The number of benzene rings is 1. The minimum Gasteiger partial charge on any atom is -0.397 e. The summed E-state index contributed by atoms with van der Waals surface area (Å²) in [6.45, 7) is 1.40. The SMILES string of the molecule is CN(c1ccc(S(N)(=O)=O)cc1N)C1CCOC1. The second-order valence-electron chi connectivity index (χ2n) is 4.39. The first-order valence-electron chi connectivity index (χ1n) is 5.62. The van der Waals surface area contributed by atoms with Crippen molar-refractivity contribution < 1.29 is 13.2 Å². The monoisotopic (exact) mass is 271 g/mol. The molecule has 1 fully saturated rings. The lowest BCUT2D eigenvalue weighted by molar-refractivity contribution is 0.193. The fourth-order valence-corrected chi connectivity index (χ4v) is 2.60. The lowest BCUT2D eigenvalue weighted by Crippen LogP contribution is -2.32. The van der Waals surface area contributed by atoms with Crippen molar-refractivity contribution in [3.63, 3.8) is 0 Å². The fourth-order valence-electron chi connectivity index (χ4n) is 2.06. The van der Waals surface area contributed by atoms with Gasteiger partial charge in [-0.15, -0.1) is 0 Å². The number of sulfonamides is 1. The van der Waals surface area contributed by atoms with Gasteiger partial charge in [0.2, 0.25) is 10.0 Å². The molecule has 1 aliphatic heterocycles. The average molecular weight is 271 g/mol. The number of likely N-dealkylation sites (N-methyl/N-ethyl adjacent to an activating group) is 1. The number of nitrogen functional groups attached to an aromatic ring is 1. The highest BCUT2D eigenvalue weighted by Gasteiger charge is 2.22. The Hall–Kier alpha value is -1.31. The molecule has 1 aromatic rings. The van der Waals surface area contributed by atoms with Gasteiger partial charge in [0.05, 0.1) is 28.9 Å². The van der Waals surface area contributed by atoms with E-state index in [1.165, 1.54) is 12.1 Å². The second kappa shape index (κ2) is 4.75. The molecule has 1 saturated heterocycles. The van der Waals surface area contributed by atoms with Crippen molar-refractivity contribution in [1.29, 1.82) is 0 Å². The van der Waals surface area contributed by atoms with Gasteiger partial charge in [0, 0.05) is 13.7 Å². The van der Waals surface area contributed by atoms with Crippen molar-refractivity contribution in [2.45, 2.75) is 17.4 Å².